The van der Waals surface area contributed by atoms with Gasteiger partial charge in [-0.2, -0.15) is 13.2 Å². The molecule has 1 aliphatic rings. The summed E-state index contributed by atoms with van der Waals surface area (Å²) in [5.74, 6) is 0.309. The van der Waals surface area contributed by atoms with E-state index in [9.17, 15) is 27.8 Å². The number of piperidine rings is 1. The number of imidazole rings is 1. The van der Waals surface area contributed by atoms with Gasteiger partial charge in [-0.05, 0) is 31.5 Å². The zero-order chi connectivity index (χ0) is 23.1. The number of halogens is 4. The van der Waals surface area contributed by atoms with Crippen LogP contribution in [0.3, 0.4) is 0 Å². The Balaban J connectivity index is 1.75. The summed E-state index contributed by atoms with van der Waals surface area (Å²) in [5, 5.41) is 25.8. The van der Waals surface area contributed by atoms with Gasteiger partial charge in [0.25, 0.3) is 0 Å². The maximum Gasteiger partial charge on any atom is 0.421 e. The fourth-order valence-corrected chi connectivity index (χ4v) is 3.69. The number of hydrogen-bond donors (Lipinski definition) is 4. The predicted molar refractivity (Wildman–Crippen MR) is 108 cm³/mol. The molecule has 3 atom stereocenters. The van der Waals surface area contributed by atoms with E-state index in [0.29, 0.717) is 37.9 Å². The van der Waals surface area contributed by atoms with Gasteiger partial charge in [0.2, 0.25) is 0 Å². The Labute approximate surface area is 180 Å². The van der Waals surface area contributed by atoms with E-state index in [2.05, 4.69) is 25.6 Å². The van der Waals surface area contributed by atoms with Crippen molar-refractivity contribution in [3.63, 3.8) is 0 Å². The fraction of sp³-hybridized carbons (Fsp3) is 0.450. The number of aliphatic hydroxyl groups excluding tert-OH is 1. The second kappa shape index (κ2) is 8.26. The van der Waals surface area contributed by atoms with E-state index in [-0.39, 0.29) is 16.9 Å². The molecule has 0 bridgehead atoms. The molecule has 32 heavy (non-hydrogen) atoms. The van der Waals surface area contributed by atoms with Gasteiger partial charge in [-0.25, -0.2) is 14.4 Å². The number of rotatable bonds is 5. The third-order valence-electron chi connectivity index (χ3n) is 5.61. The molecule has 4 N–H and O–H groups in total. The Kier molecular flexibility index (Phi) is 5.77. The normalized spacial score (nSPS) is 21.5. The minimum absolute atomic E-state index is 0.0998. The van der Waals surface area contributed by atoms with E-state index in [1.54, 1.807) is 0 Å². The number of aliphatic hydroxyl groups is 2. The van der Waals surface area contributed by atoms with Gasteiger partial charge < -0.3 is 20.8 Å². The molecular weight excluding hydrogens is 432 g/mol. The monoisotopic (exact) mass is 454 g/mol. The van der Waals surface area contributed by atoms with Gasteiger partial charge in [-0.1, -0.05) is 0 Å². The molecule has 0 spiro atoms. The van der Waals surface area contributed by atoms with Gasteiger partial charge in [0.15, 0.2) is 5.60 Å². The van der Waals surface area contributed by atoms with Crippen LogP contribution in [-0.2, 0) is 12.2 Å². The summed E-state index contributed by atoms with van der Waals surface area (Å²) in [6, 6.07) is 0.784. The first kappa shape index (κ1) is 22.4. The summed E-state index contributed by atoms with van der Waals surface area (Å²) in [5.41, 5.74) is -2.94. The van der Waals surface area contributed by atoms with Crippen LogP contribution >= 0.6 is 0 Å². The number of nitrogens with zero attached hydrogens (tertiary/aromatic N) is 4. The zero-order valence-electron chi connectivity index (χ0n) is 17.1. The Morgan fingerprint density at radius 1 is 1.28 bits per heavy atom. The highest BCUT2D eigenvalue weighted by atomic mass is 19.4. The number of fused-ring (bicyclic) bond motifs is 1. The number of pyridine rings is 1. The van der Waals surface area contributed by atoms with E-state index >= 15 is 0 Å². The van der Waals surface area contributed by atoms with E-state index in [0.717, 1.165) is 6.20 Å². The Morgan fingerprint density at radius 2 is 2.06 bits per heavy atom. The Morgan fingerprint density at radius 3 is 2.75 bits per heavy atom. The number of alkyl halides is 4. The summed E-state index contributed by atoms with van der Waals surface area (Å²) >= 11 is 0. The lowest BCUT2D eigenvalue weighted by Gasteiger charge is -2.28. The second-order valence-electron chi connectivity index (χ2n) is 7.86. The molecule has 4 heterocycles. The molecule has 8 nitrogen and oxygen atoms in total. The standard InChI is InChI=1S/C20H22F4N6O2/c1-19(32,20(22,23)24)12-9-30-16(7-27-18(30)4-11(12)10-31)15-6-26-8-17(29-15)28-14-5-25-3-2-13(14)21/h4,6-9,13-14,25,31-32H,2-3,5,10H2,1H3,(H,28,29)/t13-,14-,19?/m0/s1. The van der Waals surface area contributed by atoms with Gasteiger partial charge in [0.1, 0.15) is 23.3 Å². The van der Waals surface area contributed by atoms with Gasteiger partial charge in [-0.3, -0.25) is 9.38 Å². The number of hydrogen-bond acceptors (Lipinski definition) is 7. The van der Waals surface area contributed by atoms with E-state index in [4.69, 9.17) is 0 Å². The molecule has 4 rings (SSSR count). The molecule has 172 valence electrons. The van der Waals surface area contributed by atoms with Crippen LogP contribution in [0.1, 0.15) is 24.5 Å². The van der Waals surface area contributed by atoms with Crippen molar-refractivity contribution >= 4 is 11.5 Å². The highest BCUT2D eigenvalue weighted by molar-refractivity contribution is 5.62. The molecule has 0 aromatic carbocycles. The Hall–Kier alpha value is -2.83. The lowest BCUT2D eigenvalue weighted by molar-refractivity contribution is -0.259. The van der Waals surface area contributed by atoms with E-state index in [1.807, 2.05) is 0 Å². The van der Waals surface area contributed by atoms with Gasteiger partial charge >= 0.3 is 6.18 Å². The first-order valence-corrected chi connectivity index (χ1v) is 9.96. The summed E-state index contributed by atoms with van der Waals surface area (Å²) in [6.45, 7) is 0.925. The lowest BCUT2D eigenvalue weighted by atomic mass is 9.92. The van der Waals surface area contributed by atoms with Crippen LogP contribution in [0.5, 0.6) is 0 Å². The lowest BCUT2D eigenvalue weighted by Crippen LogP contribution is -2.46. The molecule has 0 amide bonds. The van der Waals surface area contributed by atoms with Crippen molar-refractivity contribution in [2.45, 2.75) is 43.9 Å². The van der Waals surface area contributed by atoms with Crippen molar-refractivity contribution in [1.82, 2.24) is 24.7 Å². The van der Waals surface area contributed by atoms with Crippen LogP contribution in [0.2, 0.25) is 0 Å². The molecule has 1 aliphatic heterocycles. The predicted octanol–water partition coefficient (Wildman–Crippen LogP) is 2.17. The Bertz CT molecular complexity index is 1120. The number of aromatic nitrogens is 4. The average molecular weight is 454 g/mol. The fourth-order valence-electron chi connectivity index (χ4n) is 3.69. The molecule has 1 fully saturated rings. The summed E-state index contributed by atoms with van der Waals surface area (Å²) in [7, 11) is 0. The average Bonchev–Trinajstić information content (AvgIpc) is 3.17. The van der Waals surface area contributed by atoms with Crippen LogP contribution in [-0.4, -0.2) is 61.0 Å². The van der Waals surface area contributed by atoms with Crippen LogP contribution in [0.25, 0.3) is 17.0 Å². The van der Waals surface area contributed by atoms with Gasteiger partial charge in [0.05, 0.1) is 36.9 Å². The van der Waals surface area contributed by atoms with Crippen molar-refractivity contribution in [2.24, 2.45) is 0 Å². The largest absolute Gasteiger partial charge is 0.421 e. The SMILES string of the molecule is CC(O)(c1cn2c(-c3cncc(N[C@H]4CNCC[C@@H]4F)n3)cnc2cc1CO)C(F)(F)F. The van der Waals surface area contributed by atoms with Crippen LogP contribution in [0.15, 0.2) is 30.9 Å². The topological polar surface area (TPSA) is 108 Å². The van der Waals surface area contributed by atoms with Crippen molar-refractivity contribution in [3.8, 4) is 11.4 Å². The first-order valence-electron chi connectivity index (χ1n) is 9.96. The van der Waals surface area contributed by atoms with Crippen molar-refractivity contribution in [1.29, 1.82) is 0 Å². The van der Waals surface area contributed by atoms with E-state index in [1.165, 1.54) is 29.1 Å². The highest BCUT2D eigenvalue weighted by Gasteiger charge is 2.52. The van der Waals surface area contributed by atoms with Crippen LogP contribution in [0.4, 0.5) is 23.4 Å². The second-order valence-corrected chi connectivity index (χ2v) is 7.86. The maximum atomic E-state index is 14.1. The van der Waals surface area contributed by atoms with Gasteiger partial charge in [-0.15, -0.1) is 0 Å². The van der Waals surface area contributed by atoms with Gasteiger partial charge in [0, 0.05) is 18.3 Å². The number of nitrogens with one attached hydrogen (secondary N) is 2. The molecule has 0 saturated carbocycles. The first-order chi connectivity index (χ1) is 15.1. The smallest absolute Gasteiger partial charge is 0.392 e. The maximum absolute atomic E-state index is 14.1. The molecule has 3 aromatic heterocycles. The quantitative estimate of drug-likeness (QED) is 0.438. The van der Waals surface area contributed by atoms with Crippen molar-refractivity contribution < 1.29 is 27.8 Å². The number of anilines is 1. The minimum atomic E-state index is -4.97. The molecule has 3 aromatic rings. The summed E-state index contributed by atoms with van der Waals surface area (Å²) in [4.78, 5) is 12.7. The minimum Gasteiger partial charge on any atom is -0.392 e. The molecular formula is C20H22F4N6O2. The molecule has 12 heteroatoms. The summed E-state index contributed by atoms with van der Waals surface area (Å²) < 4.78 is 55.9. The zero-order valence-corrected chi connectivity index (χ0v) is 17.1. The third-order valence-corrected chi connectivity index (χ3v) is 5.61. The van der Waals surface area contributed by atoms with Crippen molar-refractivity contribution in [3.05, 3.63) is 42.0 Å². The summed E-state index contributed by atoms with van der Waals surface area (Å²) in [6.07, 6.45) is -0.335. The third kappa shape index (κ3) is 4.00. The molecule has 1 unspecified atom stereocenters. The molecule has 1 saturated heterocycles. The highest BCUT2D eigenvalue weighted by Crippen LogP contribution is 2.40. The van der Waals surface area contributed by atoms with Crippen molar-refractivity contribution in [2.75, 3.05) is 18.4 Å². The molecule has 0 radical (unpaired) electrons. The van der Waals surface area contributed by atoms with Crippen LogP contribution in [0, 0.1) is 0 Å². The van der Waals surface area contributed by atoms with E-state index < -0.39 is 36.2 Å². The van der Waals surface area contributed by atoms with Crippen LogP contribution < -0.4 is 10.6 Å². The molecule has 0 aliphatic carbocycles.